The predicted octanol–water partition coefficient (Wildman–Crippen LogP) is 5.89. The highest BCUT2D eigenvalue weighted by molar-refractivity contribution is 6.01. The highest BCUT2D eigenvalue weighted by Crippen LogP contribution is 2.70. The summed E-state index contributed by atoms with van der Waals surface area (Å²) in [4.78, 5) is 34.6. The standard InChI is InChI=1S/C22H29FO5.C12H24O2/c1-12-8-16-15-5-4-13-9-14(25)6-7-19(13,2)21(15,23)17(26)10-20(16,3)22(12,28)18(27)11-24;1-2-3-4-5-6-7-8-9-10-11-12(13)14/h6-7,9,12,15-17,24,26,28H,4-5,8,10-11H2,1-3H3;2-11H2,1H3,(H,13,14)/t12-,15+,16+,17+,19+,20+,21+,22+;/m1./s1. The number of carboxylic acids is 1. The molecule has 8 atom stereocenters. The van der Waals surface area contributed by atoms with Crippen molar-refractivity contribution in [3.8, 4) is 0 Å². The van der Waals surface area contributed by atoms with E-state index >= 15 is 4.39 Å². The second-order valence-electron chi connectivity index (χ2n) is 13.7. The minimum absolute atomic E-state index is 0.0676. The van der Waals surface area contributed by atoms with Crippen LogP contribution in [0, 0.1) is 28.6 Å². The lowest BCUT2D eigenvalue weighted by atomic mass is 9.44. The summed E-state index contributed by atoms with van der Waals surface area (Å²) >= 11 is 0. The van der Waals surface area contributed by atoms with Gasteiger partial charge in [0.05, 0.1) is 6.10 Å². The van der Waals surface area contributed by atoms with E-state index in [2.05, 4.69) is 6.92 Å². The summed E-state index contributed by atoms with van der Waals surface area (Å²) in [5.74, 6) is -2.78. The quantitative estimate of drug-likeness (QED) is 0.208. The Bertz CT molecular complexity index is 1050. The van der Waals surface area contributed by atoms with E-state index in [1.165, 1.54) is 57.1 Å². The van der Waals surface area contributed by atoms with Crippen LogP contribution in [0.2, 0.25) is 0 Å². The van der Waals surface area contributed by atoms with Crippen LogP contribution in [0.5, 0.6) is 0 Å². The molecule has 4 aliphatic carbocycles. The number of fused-ring (bicyclic) bond motifs is 5. The number of hydrogen-bond donors (Lipinski definition) is 4. The van der Waals surface area contributed by atoms with Crippen molar-refractivity contribution >= 4 is 17.5 Å². The number of unbranched alkanes of at least 4 members (excludes halogenated alkanes) is 8. The molecule has 0 unspecified atom stereocenters. The van der Waals surface area contributed by atoms with Crippen LogP contribution in [0.4, 0.5) is 4.39 Å². The largest absolute Gasteiger partial charge is 0.481 e. The number of carbonyl (C=O) groups excluding carboxylic acids is 2. The summed E-state index contributed by atoms with van der Waals surface area (Å²) in [7, 11) is 0. The Balaban J connectivity index is 0.000000295. The molecule has 0 amide bonds. The van der Waals surface area contributed by atoms with Gasteiger partial charge in [0.2, 0.25) is 0 Å². The zero-order chi connectivity index (χ0) is 31.3. The first kappa shape index (κ1) is 34.6. The van der Waals surface area contributed by atoms with Gasteiger partial charge < -0.3 is 20.4 Å². The highest BCUT2D eigenvalue weighted by atomic mass is 19.1. The maximum atomic E-state index is 16.9. The van der Waals surface area contributed by atoms with E-state index in [1.807, 2.05) is 0 Å². The lowest BCUT2D eigenvalue weighted by molar-refractivity contribution is -0.219. The van der Waals surface area contributed by atoms with E-state index in [9.17, 15) is 29.7 Å². The fourth-order valence-corrected chi connectivity index (χ4v) is 8.85. The molecule has 4 rings (SSSR count). The van der Waals surface area contributed by atoms with Crippen molar-refractivity contribution in [3.63, 3.8) is 0 Å². The minimum Gasteiger partial charge on any atom is -0.481 e. The molecule has 4 aliphatic rings. The third-order valence-electron chi connectivity index (χ3n) is 11.3. The van der Waals surface area contributed by atoms with Crippen molar-refractivity contribution in [1.29, 1.82) is 0 Å². The van der Waals surface area contributed by atoms with Gasteiger partial charge in [-0.3, -0.25) is 14.4 Å². The molecular formula is C34H53FO7. The second-order valence-corrected chi connectivity index (χ2v) is 13.7. The number of halogens is 1. The van der Waals surface area contributed by atoms with E-state index in [1.54, 1.807) is 26.8 Å². The van der Waals surface area contributed by atoms with Gasteiger partial charge in [-0.2, -0.15) is 0 Å². The van der Waals surface area contributed by atoms with Crippen molar-refractivity contribution in [1.82, 2.24) is 0 Å². The normalized spacial score (nSPS) is 38.5. The third kappa shape index (κ3) is 6.05. The van der Waals surface area contributed by atoms with Crippen molar-refractivity contribution in [3.05, 3.63) is 23.8 Å². The molecule has 0 heterocycles. The van der Waals surface area contributed by atoms with Gasteiger partial charge in [-0.15, -0.1) is 0 Å². The Kier molecular flexibility index (Phi) is 11.4. The molecule has 0 aromatic rings. The maximum Gasteiger partial charge on any atom is 0.303 e. The molecule has 42 heavy (non-hydrogen) atoms. The Morgan fingerprint density at radius 3 is 2.19 bits per heavy atom. The van der Waals surface area contributed by atoms with Crippen LogP contribution < -0.4 is 0 Å². The molecule has 0 spiro atoms. The summed E-state index contributed by atoms with van der Waals surface area (Å²) < 4.78 is 16.9. The van der Waals surface area contributed by atoms with Crippen molar-refractivity contribution in [2.24, 2.45) is 28.6 Å². The smallest absolute Gasteiger partial charge is 0.303 e. The topological polar surface area (TPSA) is 132 Å². The molecule has 0 aromatic heterocycles. The predicted molar refractivity (Wildman–Crippen MR) is 159 cm³/mol. The number of aliphatic carboxylic acids is 1. The van der Waals surface area contributed by atoms with Crippen LogP contribution in [0.3, 0.4) is 0 Å². The van der Waals surface area contributed by atoms with Crippen molar-refractivity contribution < 1.29 is 39.2 Å². The molecule has 7 nitrogen and oxygen atoms in total. The molecule has 238 valence electrons. The molecule has 3 saturated carbocycles. The maximum absolute atomic E-state index is 16.9. The molecule has 4 N–H and O–H groups in total. The molecule has 0 aromatic carbocycles. The Labute approximate surface area is 250 Å². The first-order valence-electron chi connectivity index (χ1n) is 16.1. The van der Waals surface area contributed by atoms with Crippen molar-refractivity contribution in [2.75, 3.05) is 6.61 Å². The molecule has 0 saturated heterocycles. The highest BCUT2D eigenvalue weighted by Gasteiger charge is 2.75. The minimum atomic E-state index is -1.98. The van der Waals surface area contributed by atoms with Crippen LogP contribution in [0.25, 0.3) is 0 Å². The molecule has 0 radical (unpaired) electrons. The summed E-state index contributed by atoms with van der Waals surface area (Å²) in [6.07, 6.45) is 15.9. The van der Waals surface area contributed by atoms with Crippen molar-refractivity contribution in [2.45, 2.75) is 135 Å². The molecular weight excluding hydrogens is 539 g/mol. The van der Waals surface area contributed by atoms with E-state index in [4.69, 9.17) is 5.11 Å². The number of Topliss-reactive ketones (excluding diaryl/α,β-unsaturated/α-hetero) is 1. The van der Waals surface area contributed by atoms with E-state index < -0.39 is 58.4 Å². The summed E-state index contributed by atoms with van der Waals surface area (Å²) in [6.45, 7) is 6.71. The molecule has 8 heteroatoms. The summed E-state index contributed by atoms with van der Waals surface area (Å²) in [6, 6.07) is 0. The molecule has 3 fully saturated rings. The van der Waals surface area contributed by atoms with Gasteiger partial charge in [-0.1, -0.05) is 83.8 Å². The first-order chi connectivity index (χ1) is 19.7. The van der Waals surface area contributed by atoms with E-state index in [0.717, 1.165) is 12.8 Å². The fraction of sp³-hybridized carbons (Fsp3) is 0.794. The Hall–Kier alpha value is -1.90. The zero-order valence-corrected chi connectivity index (χ0v) is 26.0. The SMILES string of the molecule is CCCCCCCCCCCC(=O)O.C[C@@H]1C[C@H]2[C@@H]3CCC4=CC(=O)C=C[C@]4(C)[C@@]3(F)[C@@H](O)C[C@]2(C)[C@@]1(O)C(=O)CO. The van der Waals surface area contributed by atoms with Gasteiger partial charge >= 0.3 is 5.97 Å². The van der Waals surface area contributed by atoms with Gasteiger partial charge in [0, 0.05) is 23.2 Å². The number of hydrogen-bond acceptors (Lipinski definition) is 6. The Morgan fingerprint density at radius 1 is 1.02 bits per heavy atom. The van der Waals surface area contributed by atoms with Gasteiger partial charge in [0.1, 0.15) is 12.2 Å². The van der Waals surface area contributed by atoms with Gasteiger partial charge in [0.15, 0.2) is 17.2 Å². The van der Waals surface area contributed by atoms with E-state index in [0.29, 0.717) is 31.3 Å². The number of alkyl halides is 1. The number of allylic oxidation sites excluding steroid dienone is 4. The molecule has 0 aliphatic heterocycles. The van der Waals surface area contributed by atoms with Gasteiger partial charge in [0.25, 0.3) is 0 Å². The number of ketones is 2. The summed E-state index contributed by atoms with van der Waals surface area (Å²) in [5, 5.41) is 40.4. The van der Waals surface area contributed by atoms with Crippen LogP contribution in [-0.2, 0) is 14.4 Å². The number of aliphatic hydroxyl groups excluding tert-OH is 2. The summed E-state index contributed by atoms with van der Waals surface area (Å²) in [5.41, 5.74) is -5.17. The average molecular weight is 593 g/mol. The van der Waals surface area contributed by atoms with Crippen LogP contribution in [0.15, 0.2) is 23.8 Å². The van der Waals surface area contributed by atoms with Crippen LogP contribution in [0.1, 0.15) is 118 Å². The average Bonchev–Trinajstić information content (AvgIpc) is 3.14. The lowest BCUT2D eigenvalue weighted by Gasteiger charge is -2.62. The molecule has 0 bridgehead atoms. The zero-order valence-electron chi connectivity index (χ0n) is 26.0. The van der Waals surface area contributed by atoms with Gasteiger partial charge in [-0.05, 0) is 63.0 Å². The number of carboxylic acid groups (broad SMARTS) is 1. The number of rotatable bonds is 12. The third-order valence-corrected chi connectivity index (χ3v) is 11.3. The number of carbonyl (C=O) groups is 3. The van der Waals surface area contributed by atoms with Crippen LogP contribution >= 0.6 is 0 Å². The lowest BCUT2D eigenvalue weighted by Crippen LogP contribution is -2.69. The van der Waals surface area contributed by atoms with E-state index in [-0.39, 0.29) is 18.1 Å². The van der Waals surface area contributed by atoms with Crippen LogP contribution in [-0.4, -0.2) is 61.9 Å². The fourth-order valence-electron chi connectivity index (χ4n) is 8.85. The van der Waals surface area contributed by atoms with Gasteiger partial charge in [-0.25, -0.2) is 4.39 Å². The first-order valence-corrected chi connectivity index (χ1v) is 16.1. The Morgan fingerprint density at radius 2 is 1.62 bits per heavy atom. The number of aliphatic hydroxyl groups is 3. The monoisotopic (exact) mass is 592 g/mol. The second kappa shape index (κ2) is 13.8.